The Morgan fingerprint density at radius 2 is 1.92 bits per heavy atom. The maximum absolute atomic E-state index is 2.38. The number of hydrogen-bond acceptors (Lipinski definition) is 0. The third-order valence-corrected chi connectivity index (χ3v) is 3.38. The molecule has 1 aliphatic carbocycles. The van der Waals surface area contributed by atoms with E-state index in [4.69, 9.17) is 0 Å². The topological polar surface area (TPSA) is 0 Å². The van der Waals surface area contributed by atoms with Crippen LogP contribution in [0.15, 0.2) is 23.3 Å². The van der Waals surface area contributed by atoms with Crippen LogP contribution in [0.2, 0.25) is 0 Å². The van der Waals surface area contributed by atoms with Crippen molar-refractivity contribution in [3.05, 3.63) is 23.3 Å². The highest BCUT2D eigenvalue weighted by molar-refractivity contribution is 5.34. The zero-order chi connectivity index (χ0) is 9.19. The molecule has 1 aliphatic rings. The van der Waals surface area contributed by atoms with Gasteiger partial charge >= 0.3 is 0 Å². The largest absolute Gasteiger partial charge is 0.0775 e. The van der Waals surface area contributed by atoms with Crippen molar-refractivity contribution in [1.29, 1.82) is 0 Å². The SMILES string of the molecule is CCC(C)(CC)C1=CC(C)=CC1. The standard InChI is InChI=1S/C12H20/c1-5-12(4,6-2)11-8-7-10(3)9-11/h7,9H,5-6,8H2,1-4H3. The minimum Gasteiger partial charge on any atom is -0.0775 e. The fourth-order valence-corrected chi connectivity index (χ4v) is 1.79. The zero-order valence-electron chi connectivity index (χ0n) is 8.78. The molecule has 0 atom stereocenters. The summed E-state index contributed by atoms with van der Waals surface area (Å²) in [5, 5.41) is 0. The van der Waals surface area contributed by atoms with Crippen LogP contribution in [0.3, 0.4) is 0 Å². The molecule has 0 amide bonds. The maximum atomic E-state index is 2.38. The number of rotatable bonds is 3. The van der Waals surface area contributed by atoms with E-state index < -0.39 is 0 Å². The predicted molar refractivity (Wildman–Crippen MR) is 55.1 cm³/mol. The van der Waals surface area contributed by atoms with Crippen LogP contribution >= 0.6 is 0 Å². The lowest BCUT2D eigenvalue weighted by Gasteiger charge is -2.28. The van der Waals surface area contributed by atoms with Gasteiger partial charge in [-0.3, -0.25) is 0 Å². The van der Waals surface area contributed by atoms with Crippen molar-refractivity contribution in [3.63, 3.8) is 0 Å². The van der Waals surface area contributed by atoms with E-state index in [1.165, 1.54) is 24.8 Å². The lowest BCUT2D eigenvalue weighted by molar-refractivity contribution is 0.363. The molecule has 1 rings (SSSR count). The smallest absolute Gasteiger partial charge is 0.0115 e. The summed E-state index contributed by atoms with van der Waals surface area (Å²) in [7, 11) is 0. The van der Waals surface area contributed by atoms with Gasteiger partial charge in [0, 0.05) is 0 Å². The van der Waals surface area contributed by atoms with Gasteiger partial charge in [-0.05, 0) is 31.6 Å². The van der Waals surface area contributed by atoms with Gasteiger partial charge in [-0.15, -0.1) is 0 Å². The molecule has 0 heterocycles. The molecule has 12 heavy (non-hydrogen) atoms. The van der Waals surface area contributed by atoms with Gasteiger partial charge in [0.25, 0.3) is 0 Å². The summed E-state index contributed by atoms with van der Waals surface area (Å²) >= 11 is 0. The van der Waals surface area contributed by atoms with Gasteiger partial charge in [0.05, 0.1) is 0 Å². The van der Waals surface area contributed by atoms with Crippen LogP contribution in [0.25, 0.3) is 0 Å². The monoisotopic (exact) mass is 164 g/mol. The summed E-state index contributed by atoms with van der Waals surface area (Å²) in [6, 6.07) is 0. The van der Waals surface area contributed by atoms with E-state index >= 15 is 0 Å². The zero-order valence-corrected chi connectivity index (χ0v) is 8.78. The summed E-state index contributed by atoms with van der Waals surface area (Å²) in [5.74, 6) is 0. The summed E-state index contributed by atoms with van der Waals surface area (Å²) in [6.45, 7) is 9.15. The first-order chi connectivity index (χ1) is 5.62. The summed E-state index contributed by atoms with van der Waals surface area (Å²) in [5.41, 5.74) is 3.52. The fraction of sp³-hybridized carbons (Fsp3) is 0.667. The Bertz CT molecular complexity index is 214. The Balaban J connectivity index is 2.77. The minimum atomic E-state index is 0.453. The van der Waals surface area contributed by atoms with E-state index in [0.29, 0.717) is 5.41 Å². The van der Waals surface area contributed by atoms with Crippen molar-refractivity contribution in [2.24, 2.45) is 5.41 Å². The average Bonchev–Trinajstić information content (AvgIpc) is 2.51. The van der Waals surface area contributed by atoms with E-state index in [2.05, 4.69) is 39.8 Å². The van der Waals surface area contributed by atoms with Gasteiger partial charge in [-0.2, -0.15) is 0 Å². The Kier molecular flexibility index (Phi) is 2.76. The maximum Gasteiger partial charge on any atom is -0.0115 e. The Labute approximate surface area is 76.4 Å². The highest BCUT2D eigenvalue weighted by Gasteiger charge is 2.25. The van der Waals surface area contributed by atoms with Crippen LogP contribution in [-0.4, -0.2) is 0 Å². The Morgan fingerprint density at radius 1 is 1.33 bits per heavy atom. The molecule has 0 aromatic heterocycles. The number of allylic oxidation sites excluding steroid dienone is 4. The van der Waals surface area contributed by atoms with E-state index in [9.17, 15) is 0 Å². The molecule has 0 fully saturated rings. The lowest BCUT2D eigenvalue weighted by Crippen LogP contribution is -2.15. The molecule has 0 spiro atoms. The van der Waals surface area contributed by atoms with Crippen molar-refractivity contribution in [3.8, 4) is 0 Å². The van der Waals surface area contributed by atoms with Gasteiger partial charge in [-0.25, -0.2) is 0 Å². The summed E-state index contributed by atoms with van der Waals surface area (Å²) in [4.78, 5) is 0. The fourth-order valence-electron chi connectivity index (χ4n) is 1.79. The molecule has 0 heteroatoms. The van der Waals surface area contributed by atoms with Gasteiger partial charge < -0.3 is 0 Å². The van der Waals surface area contributed by atoms with E-state index in [-0.39, 0.29) is 0 Å². The quantitative estimate of drug-likeness (QED) is 0.589. The lowest BCUT2D eigenvalue weighted by atomic mass is 9.77. The van der Waals surface area contributed by atoms with Crippen molar-refractivity contribution >= 4 is 0 Å². The van der Waals surface area contributed by atoms with Gasteiger partial charge in [-0.1, -0.05) is 44.1 Å². The van der Waals surface area contributed by atoms with Crippen LogP contribution in [0.4, 0.5) is 0 Å². The molecular formula is C12H20. The van der Waals surface area contributed by atoms with Crippen LogP contribution in [0, 0.1) is 5.41 Å². The normalized spacial score (nSPS) is 17.7. The molecule has 0 saturated heterocycles. The Morgan fingerprint density at radius 3 is 2.25 bits per heavy atom. The minimum absolute atomic E-state index is 0.453. The molecule has 0 unspecified atom stereocenters. The highest BCUT2D eigenvalue weighted by Crippen LogP contribution is 2.39. The van der Waals surface area contributed by atoms with Crippen molar-refractivity contribution < 1.29 is 0 Å². The van der Waals surface area contributed by atoms with Gasteiger partial charge in [0.15, 0.2) is 0 Å². The summed E-state index contributed by atoms with van der Waals surface area (Å²) < 4.78 is 0. The first-order valence-electron chi connectivity index (χ1n) is 5.00. The van der Waals surface area contributed by atoms with Gasteiger partial charge in [0.1, 0.15) is 0 Å². The molecule has 0 aliphatic heterocycles. The van der Waals surface area contributed by atoms with Crippen LogP contribution in [0.1, 0.15) is 47.0 Å². The van der Waals surface area contributed by atoms with E-state index in [1.54, 1.807) is 5.57 Å². The second-order valence-electron chi connectivity index (χ2n) is 4.09. The molecule has 0 bridgehead atoms. The molecular weight excluding hydrogens is 144 g/mol. The van der Waals surface area contributed by atoms with Crippen molar-refractivity contribution in [1.82, 2.24) is 0 Å². The van der Waals surface area contributed by atoms with E-state index in [0.717, 1.165) is 0 Å². The van der Waals surface area contributed by atoms with Gasteiger partial charge in [0.2, 0.25) is 0 Å². The second kappa shape index (κ2) is 3.47. The predicted octanol–water partition coefficient (Wildman–Crippen LogP) is 4.09. The van der Waals surface area contributed by atoms with Crippen LogP contribution in [0.5, 0.6) is 0 Å². The molecule has 68 valence electrons. The second-order valence-corrected chi connectivity index (χ2v) is 4.09. The third-order valence-electron chi connectivity index (χ3n) is 3.38. The van der Waals surface area contributed by atoms with Crippen molar-refractivity contribution in [2.45, 2.75) is 47.0 Å². The third kappa shape index (κ3) is 1.63. The summed E-state index contributed by atoms with van der Waals surface area (Å²) in [6.07, 6.45) is 8.41. The molecule has 0 aromatic carbocycles. The molecule has 0 saturated carbocycles. The van der Waals surface area contributed by atoms with Crippen LogP contribution < -0.4 is 0 Å². The molecule has 0 N–H and O–H groups in total. The van der Waals surface area contributed by atoms with Crippen LogP contribution in [-0.2, 0) is 0 Å². The van der Waals surface area contributed by atoms with E-state index in [1.807, 2.05) is 0 Å². The van der Waals surface area contributed by atoms with Crippen molar-refractivity contribution in [2.75, 3.05) is 0 Å². The molecule has 0 nitrogen and oxygen atoms in total. The number of hydrogen-bond donors (Lipinski definition) is 0. The highest BCUT2D eigenvalue weighted by atomic mass is 14.3. The first kappa shape index (κ1) is 9.57. The Hall–Kier alpha value is -0.520. The average molecular weight is 164 g/mol. The first-order valence-corrected chi connectivity index (χ1v) is 5.00. The molecule has 0 aromatic rings. The molecule has 0 radical (unpaired) electrons.